The number of ketones is 1. The molecule has 1 aliphatic carbocycles. The number of aryl methyl sites for hydroxylation is 1. The second-order valence-corrected chi connectivity index (χ2v) is 7.03. The third kappa shape index (κ3) is 4.03. The first-order valence-electron chi connectivity index (χ1n) is 7.15. The van der Waals surface area contributed by atoms with Crippen molar-refractivity contribution in [2.45, 2.75) is 49.8 Å². The molecule has 0 unspecified atom stereocenters. The molecule has 1 heterocycles. The van der Waals surface area contributed by atoms with Gasteiger partial charge >= 0.3 is 5.97 Å². The molecule has 0 bridgehead atoms. The lowest BCUT2D eigenvalue weighted by Crippen LogP contribution is -2.37. The van der Waals surface area contributed by atoms with Crippen molar-refractivity contribution in [1.82, 2.24) is 9.36 Å². The normalized spacial score (nSPS) is 17.7. The highest BCUT2D eigenvalue weighted by Gasteiger charge is 2.42. The van der Waals surface area contributed by atoms with Gasteiger partial charge in [-0.25, -0.2) is 4.98 Å². The Morgan fingerprint density at radius 3 is 2.71 bits per heavy atom. The Morgan fingerprint density at radius 1 is 1.43 bits per heavy atom. The average molecular weight is 328 g/mol. The lowest BCUT2D eigenvalue weighted by molar-refractivity contribution is -0.158. The number of esters is 1. The van der Waals surface area contributed by atoms with E-state index >= 15 is 0 Å². The first kappa shape index (κ1) is 16.4. The molecular weight excluding hydrogens is 308 g/mol. The van der Waals surface area contributed by atoms with Gasteiger partial charge in [-0.05, 0) is 44.0 Å². The third-order valence-corrected chi connectivity index (χ3v) is 5.64. The fourth-order valence-electron chi connectivity index (χ4n) is 2.62. The fourth-order valence-corrected chi connectivity index (χ4v) is 3.69. The van der Waals surface area contributed by atoms with E-state index in [9.17, 15) is 9.59 Å². The summed E-state index contributed by atoms with van der Waals surface area (Å²) in [6, 6.07) is 0. The van der Waals surface area contributed by atoms with Crippen molar-refractivity contribution in [2.75, 3.05) is 12.9 Å². The summed E-state index contributed by atoms with van der Waals surface area (Å²) in [5.41, 5.74) is -0.533. The molecule has 5 nitrogen and oxygen atoms in total. The number of aromatic nitrogens is 2. The number of hydrogen-bond donors (Lipinski definition) is 0. The summed E-state index contributed by atoms with van der Waals surface area (Å²) >= 11 is 2.96. The summed E-state index contributed by atoms with van der Waals surface area (Å²) in [7, 11) is 0. The van der Waals surface area contributed by atoms with Gasteiger partial charge in [0.25, 0.3) is 0 Å². The number of Topliss-reactive ketones (excluding diaryl/α,β-unsaturated/α-hetero) is 1. The Kier molecular flexibility index (Phi) is 5.75. The summed E-state index contributed by atoms with van der Waals surface area (Å²) in [6.07, 6.45) is 5.40. The van der Waals surface area contributed by atoms with Crippen LogP contribution in [0.5, 0.6) is 0 Å². The summed E-state index contributed by atoms with van der Waals surface area (Å²) < 4.78 is 10.5. The van der Waals surface area contributed by atoms with E-state index in [1.54, 1.807) is 11.8 Å². The largest absolute Gasteiger partial charge is 0.466 e. The number of rotatable bonds is 6. The van der Waals surface area contributed by atoms with E-state index in [4.69, 9.17) is 4.74 Å². The van der Waals surface area contributed by atoms with Gasteiger partial charge in [0, 0.05) is 19.3 Å². The van der Waals surface area contributed by atoms with Crippen LogP contribution in [0.25, 0.3) is 0 Å². The molecule has 116 valence electrons. The number of hydrogen-bond acceptors (Lipinski definition) is 7. The molecule has 0 aliphatic heterocycles. The summed E-state index contributed by atoms with van der Waals surface area (Å²) in [4.78, 5) is 28.2. The van der Waals surface area contributed by atoms with Gasteiger partial charge in [-0.3, -0.25) is 9.59 Å². The zero-order chi connectivity index (χ0) is 15.3. The number of nitrogens with zero attached hydrogens (tertiary/aromatic N) is 2. The van der Waals surface area contributed by atoms with Gasteiger partial charge in [-0.1, -0.05) is 11.8 Å². The zero-order valence-corrected chi connectivity index (χ0v) is 14.0. The SMILES string of the molecule is CCOC(=O)C1(CCc2nsc(SC)n2)CCC(=O)CC1. The minimum atomic E-state index is -0.533. The van der Waals surface area contributed by atoms with Crippen LogP contribution in [-0.2, 0) is 20.7 Å². The van der Waals surface area contributed by atoms with Gasteiger partial charge in [0.2, 0.25) is 0 Å². The molecule has 0 atom stereocenters. The first-order valence-corrected chi connectivity index (χ1v) is 9.15. The van der Waals surface area contributed by atoms with E-state index in [2.05, 4.69) is 9.36 Å². The van der Waals surface area contributed by atoms with Crippen LogP contribution in [0, 0.1) is 5.41 Å². The zero-order valence-electron chi connectivity index (χ0n) is 12.4. The maximum atomic E-state index is 12.3. The molecule has 1 fully saturated rings. The quantitative estimate of drug-likeness (QED) is 0.591. The predicted octanol–water partition coefficient (Wildman–Crippen LogP) is 2.89. The summed E-state index contributed by atoms with van der Waals surface area (Å²) in [5.74, 6) is 0.856. The van der Waals surface area contributed by atoms with Crippen molar-refractivity contribution >= 4 is 35.0 Å². The second kappa shape index (κ2) is 7.35. The van der Waals surface area contributed by atoms with Crippen molar-refractivity contribution in [3.8, 4) is 0 Å². The van der Waals surface area contributed by atoms with Crippen LogP contribution in [0.2, 0.25) is 0 Å². The minimum Gasteiger partial charge on any atom is -0.466 e. The van der Waals surface area contributed by atoms with E-state index in [1.165, 1.54) is 11.5 Å². The molecule has 21 heavy (non-hydrogen) atoms. The molecule has 0 amide bonds. The van der Waals surface area contributed by atoms with Gasteiger partial charge in [0.15, 0.2) is 4.34 Å². The molecule has 0 aromatic carbocycles. The van der Waals surface area contributed by atoms with Gasteiger partial charge in [-0.2, -0.15) is 4.37 Å². The van der Waals surface area contributed by atoms with Crippen LogP contribution in [0.3, 0.4) is 0 Å². The van der Waals surface area contributed by atoms with Crippen molar-refractivity contribution in [1.29, 1.82) is 0 Å². The Balaban J connectivity index is 2.05. The Labute approximate surface area is 133 Å². The van der Waals surface area contributed by atoms with E-state index in [-0.39, 0.29) is 11.8 Å². The van der Waals surface area contributed by atoms with Crippen LogP contribution >= 0.6 is 23.3 Å². The number of ether oxygens (including phenoxy) is 1. The van der Waals surface area contributed by atoms with Gasteiger partial charge < -0.3 is 4.74 Å². The van der Waals surface area contributed by atoms with E-state index in [0.29, 0.717) is 45.1 Å². The molecular formula is C14H20N2O3S2. The Bertz CT molecular complexity index is 506. The monoisotopic (exact) mass is 328 g/mol. The van der Waals surface area contributed by atoms with Crippen LogP contribution in [-0.4, -0.2) is 34.0 Å². The lowest BCUT2D eigenvalue weighted by Gasteiger charge is -2.34. The van der Waals surface area contributed by atoms with Crippen LogP contribution < -0.4 is 0 Å². The summed E-state index contributed by atoms with van der Waals surface area (Å²) in [6.45, 7) is 2.19. The molecule has 7 heteroatoms. The Hall–Kier alpha value is -0.950. The topological polar surface area (TPSA) is 69.2 Å². The molecule has 1 aliphatic rings. The smallest absolute Gasteiger partial charge is 0.312 e. The highest BCUT2D eigenvalue weighted by Crippen LogP contribution is 2.40. The van der Waals surface area contributed by atoms with Crippen molar-refractivity contribution in [2.24, 2.45) is 5.41 Å². The Morgan fingerprint density at radius 2 is 2.14 bits per heavy atom. The molecule has 1 aromatic heterocycles. The molecule has 0 N–H and O–H groups in total. The van der Waals surface area contributed by atoms with E-state index in [1.807, 2.05) is 13.2 Å². The van der Waals surface area contributed by atoms with Crippen molar-refractivity contribution < 1.29 is 14.3 Å². The van der Waals surface area contributed by atoms with E-state index < -0.39 is 5.41 Å². The fraction of sp³-hybridized carbons (Fsp3) is 0.714. The predicted molar refractivity (Wildman–Crippen MR) is 82.6 cm³/mol. The standard InChI is InChI=1S/C14H20N2O3S2/c1-3-19-12(18)14(7-4-10(17)5-8-14)9-6-11-15-13(20-2)21-16-11/h3-9H2,1-2H3. The highest BCUT2D eigenvalue weighted by molar-refractivity contribution is 8.00. The molecule has 0 saturated heterocycles. The molecule has 0 spiro atoms. The summed E-state index contributed by atoms with van der Waals surface area (Å²) in [5, 5.41) is 0. The van der Waals surface area contributed by atoms with Gasteiger partial charge in [-0.15, -0.1) is 0 Å². The first-order chi connectivity index (χ1) is 10.1. The molecule has 1 saturated carbocycles. The van der Waals surface area contributed by atoms with Gasteiger partial charge in [0.1, 0.15) is 11.6 Å². The average Bonchev–Trinajstić information content (AvgIpc) is 2.95. The maximum absolute atomic E-state index is 12.3. The van der Waals surface area contributed by atoms with Gasteiger partial charge in [0.05, 0.1) is 12.0 Å². The van der Waals surface area contributed by atoms with E-state index in [0.717, 1.165) is 10.2 Å². The third-order valence-electron chi connectivity index (χ3n) is 3.92. The number of carbonyl (C=O) groups is 2. The van der Waals surface area contributed by atoms with Crippen molar-refractivity contribution in [3.63, 3.8) is 0 Å². The minimum absolute atomic E-state index is 0.169. The second-order valence-electron chi connectivity index (χ2n) is 5.22. The highest BCUT2D eigenvalue weighted by atomic mass is 32.2. The molecule has 2 rings (SSSR count). The molecule has 1 aromatic rings. The van der Waals surface area contributed by atoms with Crippen LogP contribution in [0.4, 0.5) is 0 Å². The van der Waals surface area contributed by atoms with Crippen molar-refractivity contribution in [3.05, 3.63) is 5.82 Å². The molecule has 0 radical (unpaired) electrons. The number of carbonyl (C=O) groups excluding carboxylic acids is 2. The van der Waals surface area contributed by atoms with Crippen LogP contribution in [0.15, 0.2) is 4.34 Å². The maximum Gasteiger partial charge on any atom is 0.312 e. The lowest BCUT2D eigenvalue weighted by atomic mass is 9.70. The van der Waals surface area contributed by atoms with Crippen LogP contribution in [0.1, 0.15) is 44.9 Å². The number of thioether (sulfide) groups is 1.